The van der Waals surface area contributed by atoms with Crippen molar-refractivity contribution in [3.63, 3.8) is 0 Å². The third kappa shape index (κ3) is 4.08. The Hall–Kier alpha value is -3.47. The second-order valence-corrected chi connectivity index (χ2v) is 8.41. The molecule has 1 fully saturated rings. The van der Waals surface area contributed by atoms with Crippen LogP contribution in [0.4, 0.5) is 5.95 Å². The summed E-state index contributed by atoms with van der Waals surface area (Å²) in [6.07, 6.45) is 6.77. The number of ether oxygens (including phenoxy) is 1. The van der Waals surface area contributed by atoms with Crippen LogP contribution < -0.4 is 14.9 Å². The minimum Gasteiger partial charge on any atom is -0.739 e. The maximum absolute atomic E-state index is 12.6. The minimum absolute atomic E-state index is 0.0453. The van der Waals surface area contributed by atoms with Gasteiger partial charge in [0.1, 0.15) is 5.76 Å². The molecule has 0 saturated heterocycles. The van der Waals surface area contributed by atoms with Gasteiger partial charge in [0, 0.05) is 47.9 Å². The average Bonchev–Trinajstić information content (AvgIpc) is 3.26. The van der Waals surface area contributed by atoms with Crippen LogP contribution in [0.25, 0.3) is 21.5 Å². The standard InChI is InChI=1S/C20H20N6O4S/c27-19(30-15-6-8-24(11-15)14-2-3-14)5-7-22-20-23-26(29)17-9-13(18-10-21-12-31-18)1-4-16(17)25(20)28/h1,4,9-12,14H,2-3,5-8H2,(H,22,23). The summed E-state index contributed by atoms with van der Waals surface area (Å²) in [5, 5.41) is 31.6. The molecule has 2 aliphatic rings. The van der Waals surface area contributed by atoms with Crippen LogP contribution in [0.15, 0.2) is 41.9 Å². The molecule has 0 spiro atoms. The van der Waals surface area contributed by atoms with Gasteiger partial charge in [-0.1, -0.05) is 0 Å². The molecule has 3 heterocycles. The maximum atomic E-state index is 12.6. The Morgan fingerprint density at radius 3 is 2.97 bits per heavy atom. The van der Waals surface area contributed by atoms with Crippen LogP contribution in [0.3, 0.4) is 0 Å². The molecule has 11 heteroatoms. The lowest BCUT2D eigenvalue weighted by molar-refractivity contribution is -0.672. The zero-order chi connectivity index (χ0) is 21.4. The SMILES string of the molecule is O=C(CCNc1n[n+]([O-])c2cc(-c3cncs3)ccc2[n+]1[O-])OC1=CN(C2CC2)CC1. The van der Waals surface area contributed by atoms with Gasteiger partial charge in [-0.2, -0.15) is 0 Å². The van der Waals surface area contributed by atoms with Gasteiger partial charge in [0.25, 0.3) is 5.52 Å². The first-order valence-electron chi connectivity index (χ1n) is 10.1. The average molecular weight is 440 g/mol. The van der Waals surface area contributed by atoms with Gasteiger partial charge in [-0.25, -0.2) is 4.73 Å². The molecule has 0 unspecified atom stereocenters. The molecule has 2 aromatic heterocycles. The highest BCUT2D eigenvalue weighted by Crippen LogP contribution is 2.31. The van der Waals surface area contributed by atoms with Crippen molar-refractivity contribution in [1.82, 2.24) is 15.0 Å². The number of esters is 1. The van der Waals surface area contributed by atoms with E-state index in [0.29, 0.717) is 21.4 Å². The van der Waals surface area contributed by atoms with Crippen molar-refractivity contribution < 1.29 is 19.1 Å². The highest BCUT2D eigenvalue weighted by molar-refractivity contribution is 7.13. The van der Waals surface area contributed by atoms with Crippen LogP contribution >= 0.6 is 11.3 Å². The number of thiazole rings is 1. The Morgan fingerprint density at radius 2 is 2.19 bits per heavy atom. The van der Waals surface area contributed by atoms with E-state index in [1.54, 1.807) is 29.9 Å². The number of hydrogen-bond acceptors (Lipinski definition) is 9. The van der Waals surface area contributed by atoms with E-state index < -0.39 is 0 Å². The molecule has 5 rings (SSSR count). The van der Waals surface area contributed by atoms with E-state index in [4.69, 9.17) is 4.74 Å². The van der Waals surface area contributed by atoms with Crippen LogP contribution in [0.1, 0.15) is 25.7 Å². The number of anilines is 1. The molecular formula is C20H20N6O4S. The van der Waals surface area contributed by atoms with Crippen LogP contribution in [-0.4, -0.2) is 40.1 Å². The third-order valence-electron chi connectivity index (χ3n) is 5.29. The second-order valence-electron chi connectivity index (χ2n) is 7.53. The predicted molar refractivity (Wildman–Crippen MR) is 112 cm³/mol. The topological polar surface area (TPSA) is 121 Å². The number of aromatic nitrogens is 4. The first kappa shape index (κ1) is 19.5. The number of rotatable bonds is 7. The molecule has 3 aromatic rings. The number of nitrogens with zero attached hydrogens (tertiary/aromatic N) is 5. The molecular weight excluding hydrogens is 420 g/mol. The highest BCUT2D eigenvalue weighted by atomic mass is 32.1. The second kappa shape index (κ2) is 7.99. The fourth-order valence-corrected chi connectivity index (χ4v) is 4.18. The van der Waals surface area contributed by atoms with Crippen LogP contribution in [-0.2, 0) is 9.53 Å². The van der Waals surface area contributed by atoms with Crippen molar-refractivity contribution in [1.29, 1.82) is 0 Å². The summed E-state index contributed by atoms with van der Waals surface area (Å²) in [4.78, 5) is 19.6. The summed E-state index contributed by atoms with van der Waals surface area (Å²) < 4.78 is 5.95. The zero-order valence-electron chi connectivity index (χ0n) is 16.6. The lowest BCUT2D eigenvalue weighted by atomic mass is 10.2. The number of carbonyl (C=O) groups is 1. The fraction of sp³-hybridized carbons (Fsp3) is 0.350. The van der Waals surface area contributed by atoms with Crippen molar-refractivity contribution >= 4 is 34.3 Å². The molecule has 0 atom stereocenters. The van der Waals surface area contributed by atoms with E-state index in [0.717, 1.165) is 23.4 Å². The van der Waals surface area contributed by atoms with Crippen molar-refractivity contribution in [3.05, 3.63) is 52.3 Å². The Kier molecular flexibility index (Phi) is 5.02. The predicted octanol–water partition coefficient (Wildman–Crippen LogP) is 1.68. The van der Waals surface area contributed by atoms with Gasteiger partial charge in [-0.15, -0.1) is 11.3 Å². The normalized spacial score (nSPS) is 15.9. The first-order chi connectivity index (χ1) is 15.1. The summed E-state index contributed by atoms with van der Waals surface area (Å²) >= 11 is 1.44. The summed E-state index contributed by atoms with van der Waals surface area (Å²) in [5.74, 6) is 0.119. The molecule has 0 bridgehead atoms. The van der Waals surface area contributed by atoms with Gasteiger partial charge in [-0.3, -0.25) is 15.1 Å². The number of benzene rings is 1. The third-order valence-corrected chi connectivity index (χ3v) is 6.12. The summed E-state index contributed by atoms with van der Waals surface area (Å²) in [7, 11) is 0. The Morgan fingerprint density at radius 1 is 1.32 bits per heavy atom. The molecule has 1 aromatic carbocycles. The summed E-state index contributed by atoms with van der Waals surface area (Å²) in [6.45, 7) is 1.01. The van der Waals surface area contributed by atoms with Crippen molar-refractivity contribution in [2.24, 2.45) is 0 Å². The largest absolute Gasteiger partial charge is 0.739 e. The minimum atomic E-state index is -0.390. The highest BCUT2D eigenvalue weighted by Gasteiger charge is 2.30. The lowest BCUT2D eigenvalue weighted by Gasteiger charge is -2.11. The number of fused-ring (bicyclic) bond motifs is 1. The molecule has 0 amide bonds. The summed E-state index contributed by atoms with van der Waals surface area (Å²) in [5.41, 5.74) is 2.81. The van der Waals surface area contributed by atoms with E-state index in [2.05, 4.69) is 20.3 Å². The summed E-state index contributed by atoms with van der Waals surface area (Å²) in [6, 6.07) is 5.54. The van der Waals surface area contributed by atoms with Gasteiger partial charge < -0.3 is 20.1 Å². The molecule has 1 saturated carbocycles. The molecule has 31 heavy (non-hydrogen) atoms. The molecule has 1 N–H and O–H groups in total. The first-order valence-corrected chi connectivity index (χ1v) is 10.9. The molecule has 1 aliphatic heterocycles. The number of hydrogen-bond donors (Lipinski definition) is 1. The van der Waals surface area contributed by atoms with Crippen LogP contribution in [0.2, 0.25) is 0 Å². The van der Waals surface area contributed by atoms with Crippen molar-refractivity contribution in [2.45, 2.75) is 31.7 Å². The fourth-order valence-electron chi connectivity index (χ4n) is 3.56. The quantitative estimate of drug-likeness (QED) is 0.335. The lowest BCUT2D eigenvalue weighted by Crippen LogP contribution is -2.44. The van der Waals surface area contributed by atoms with E-state index >= 15 is 0 Å². The van der Waals surface area contributed by atoms with Crippen LogP contribution in [0, 0.1) is 10.4 Å². The maximum Gasteiger partial charge on any atom is 0.460 e. The molecule has 160 valence electrons. The Labute approximate surface area is 181 Å². The zero-order valence-corrected chi connectivity index (χ0v) is 17.4. The van der Waals surface area contributed by atoms with Crippen molar-refractivity contribution in [2.75, 3.05) is 18.4 Å². The smallest absolute Gasteiger partial charge is 0.460 e. The Balaban J connectivity index is 1.23. The molecule has 0 radical (unpaired) electrons. The van der Waals surface area contributed by atoms with E-state index in [9.17, 15) is 15.2 Å². The van der Waals surface area contributed by atoms with E-state index in [-0.39, 0.29) is 35.9 Å². The monoisotopic (exact) mass is 440 g/mol. The van der Waals surface area contributed by atoms with Gasteiger partial charge in [0.15, 0.2) is 5.52 Å². The van der Waals surface area contributed by atoms with Crippen molar-refractivity contribution in [3.8, 4) is 10.4 Å². The molecule has 10 nitrogen and oxygen atoms in total. The van der Waals surface area contributed by atoms with Gasteiger partial charge in [-0.05, 0) is 25.0 Å². The van der Waals surface area contributed by atoms with Gasteiger partial charge in [0.2, 0.25) is 5.10 Å². The van der Waals surface area contributed by atoms with Crippen LogP contribution in [0.5, 0.6) is 0 Å². The number of nitrogens with one attached hydrogen (secondary N) is 1. The van der Waals surface area contributed by atoms with Gasteiger partial charge in [0.05, 0.1) is 23.4 Å². The number of carbonyl (C=O) groups excluding carboxylic acids is 1. The van der Waals surface area contributed by atoms with Gasteiger partial charge >= 0.3 is 11.9 Å². The van der Waals surface area contributed by atoms with E-state index in [1.807, 2.05) is 6.20 Å². The molecule has 1 aliphatic carbocycles. The Bertz CT molecular complexity index is 1160. The van der Waals surface area contributed by atoms with E-state index in [1.165, 1.54) is 24.2 Å².